The van der Waals surface area contributed by atoms with E-state index in [2.05, 4.69) is 4.90 Å². The van der Waals surface area contributed by atoms with E-state index in [9.17, 15) is 14.4 Å². The number of amides is 2. The summed E-state index contributed by atoms with van der Waals surface area (Å²) in [7, 11) is 0. The van der Waals surface area contributed by atoms with Crippen LogP contribution in [0, 0.1) is 5.92 Å². The molecule has 0 radical (unpaired) electrons. The van der Waals surface area contributed by atoms with E-state index < -0.39 is 12.0 Å². The van der Waals surface area contributed by atoms with E-state index in [0.717, 1.165) is 24.5 Å². The van der Waals surface area contributed by atoms with Crippen LogP contribution in [-0.4, -0.2) is 43.5 Å². The van der Waals surface area contributed by atoms with Gasteiger partial charge in [0, 0.05) is 43.2 Å². The molecule has 2 saturated heterocycles. The van der Waals surface area contributed by atoms with Crippen LogP contribution in [0.1, 0.15) is 26.2 Å². The SMILES string of the molecule is CC1CN(c2ccc(N3CC(CCC(N)=O)OC3=O)cc2)CCC1=O. The van der Waals surface area contributed by atoms with Crippen LogP contribution in [0.3, 0.4) is 0 Å². The van der Waals surface area contributed by atoms with E-state index >= 15 is 0 Å². The zero-order valence-electron chi connectivity index (χ0n) is 14.3. The molecule has 7 nitrogen and oxygen atoms in total. The highest BCUT2D eigenvalue weighted by Crippen LogP contribution is 2.27. The number of nitrogens with zero attached hydrogens (tertiary/aromatic N) is 2. The number of hydrogen-bond acceptors (Lipinski definition) is 5. The summed E-state index contributed by atoms with van der Waals surface area (Å²) < 4.78 is 5.28. The van der Waals surface area contributed by atoms with Crippen molar-refractivity contribution >= 4 is 29.2 Å². The lowest BCUT2D eigenvalue weighted by Gasteiger charge is -2.32. The average Bonchev–Trinajstić information content (AvgIpc) is 2.96. The Balaban J connectivity index is 1.63. The molecule has 2 aliphatic heterocycles. The van der Waals surface area contributed by atoms with Crippen molar-refractivity contribution in [2.24, 2.45) is 11.7 Å². The first-order chi connectivity index (χ1) is 11.9. The maximum Gasteiger partial charge on any atom is 0.414 e. The van der Waals surface area contributed by atoms with Crippen molar-refractivity contribution in [3.8, 4) is 0 Å². The number of cyclic esters (lactones) is 1. The molecule has 0 saturated carbocycles. The zero-order chi connectivity index (χ0) is 18.0. The van der Waals surface area contributed by atoms with E-state index in [1.54, 1.807) is 4.90 Å². The number of carbonyl (C=O) groups is 3. The molecule has 1 aromatic carbocycles. The molecule has 0 aliphatic carbocycles. The summed E-state index contributed by atoms with van der Waals surface area (Å²) in [5, 5.41) is 0. The molecule has 2 aliphatic rings. The molecule has 1 aromatic rings. The second-order valence-electron chi connectivity index (χ2n) is 6.70. The minimum absolute atomic E-state index is 0.0491. The highest BCUT2D eigenvalue weighted by molar-refractivity contribution is 5.90. The monoisotopic (exact) mass is 345 g/mol. The molecule has 2 fully saturated rings. The van der Waals surface area contributed by atoms with Gasteiger partial charge in [-0.3, -0.25) is 14.5 Å². The highest BCUT2D eigenvalue weighted by atomic mass is 16.6. The predicted octanol–water partition coefficient (Wildman–Crippen LogP) is 1.69. The molecular formula is C18H23N3O4. The molecule has 0 aromatic heterocycles. The smallest absolute Gasteiger partial charge is 0.414 e. The van der Waals surface area contributed by atoms with Gasteiger partial charge in [-0.25, -0.2) is 4.79 Å². The quantitative estimate of drug-likeness (QED) is 0.876. The number of nitrogens with two attached hydrogens (primary N) is 1. The average molecular weight is 345 g/mol. The van der Waals surface area contributed by atoms with Gasteiger partial charge in [0.15, 0.2) is 0 Å². The number of benzene rings is 1. The second kappa shape index (κ2) is 7.13. The summed E-state index contributed by atoms with van der Waals surface area (Å²) in [5.74, 6) is -0.0317. The Labute approximate surface area is 146 Å². The molecule has 0 spiro atoms. The van der Waals surface area contributed by atoms with Crippen LogP contribution in [-0.2, 0) is 14.3 Å². The Morgan fingerprint density at radius 2 is 1.88 bits per heavy atom. The van der Waals surface area contributed by atoms with E-state index in [1.807, 2.05) is 31.2 Å². The van der Waals surface area contributed by atoms with E-state index in [1.165, 1.54) is 0 Å². The molecule has 25 heavy (non-hydrogen) atoms. The lowest BCUT2D eigenvalue weighted by atomic mass is 9.98. The first kappa shape index (κ1) is 17.3. The fraction of sp³-hybridized carbons (Fsp3) is 0.500. The Morgan fingerprint density at radius 1 is 1.20 bits per heavy atom. The number of hydrogen-bond donors (Lipinski definition) is 1. The van der Waals surface area contributed by atoms with Crippen LogP contribution >= 0.6 is 0 Å². The van der Waals surface area contributed by atoms with Crippen molar-refractivity contribution in [1.29, 1.82) is 0 Å². The maximum absolute atomic E-state index is 12.0. The Morgan fingerprint density at radius 3 is 2.52 bits per heavy atom. The number of ether oxygens (including phenoxy) is 1. The zero-order valence-corrected chi connectivity index (χ0v) is 14.3. The van der Waals surface area contributed by atoms with Crippen LogP contribution in [0.4, 0.5) is 16.2 Å². The fourth-order valence-corrected chi connectivity index (χ4v) is 3.28. The number of anilines is 2. The van der Waals surface area contributed by atoms with Crippen LogP contribution in [0.15, 0.2) is 24.3 Å². The summed E-state index contributed by atoms with van der Waals surface area (Å²) >= 11 is 0. The molecule has 2 amide bonds. The minimum atomic E-state index is -0.403. The van der Waals surface area contributed by atoms with Gasteiger partial charge >= 0.3 is 6.09 Å². The van der Waals surface area contributed by atoms with Crippen molar-refractivity contribution in [3.63, 3.8) is 0 Å². The number of rotatable bonds is 5. The van der Waals surface area contributed by atoms with Crippen molar-refractivity contribution in [2.45, 2.75) is 32.3 Å². The largest absolute Gasteiger partial charge is 0.444 e. The first-order valence-corrected chi connectivity index (χ1v) is 8.58. The van der Waals surface area contributed by atoms with Crippen LogP contribution < -0.4 is 15.5 Å². The molecule has 0 bridgehead atoms. The standard InChI is InChI=1S/C18H23N3O4/c1-12-10-20(9-8-16(12)22)13-2-4-14(5-3-13)21-11-15(25-18(21)24)6-7-17(19)23/h2-5,12,15H,6-11H2,1H3,(H2,19,23). The number of piperidine rings is 1. The number of carbonyl (C=O) groups excluding carboxylic acids is 3. The van der Waals surface area contributed by atoms with E-state index in [0.29, 0.717) is 25.2 Å². The van der Waals surface area contributed by atoms with Gasteiger partial charge < -0.3 is 15.4 Å². The molecule has 2 unspecified atom stereocenters. The van der Waals surface area contributed by atoms with E-state index in [-0.39, 0.29) is 18.4 Å². The predicted molar refractivity (Wildman–Crippen MR) is 93.5 cm³/mol. The summed E-state index contributed by atoms with van der Waals surface area (Å²) in [6.45, 7) is 3.82. The van der Waals surface area contributed by atoms with Gasteiger partial charge in [0.1, 0.15) is 11.9 Å². The lowest BCUT2D eigenvalue weighted by molar-refractivity contribution is -0.122. The Hall–Kier alpha value is -2.57. The van der Waals surface area contributed by atoms with Gasteiger partial charge in [-0.05, 0) is 30.7 Å². The molecular weight excluding hydrogens is 322 g/mol. The third kappa shape index (κ3) is 3.92. The van der Waals surface area contributed by atoms with Gasteiger partial charge in [-0.15, -0.1) is 0 Å². The molecule has 7 heteroatoms. The lowest BCUT2D eigenvalue weighted by Crippen LogP contribution is -2.39. The van der Waals surface area contributed by atoms with Gasteiger partial charge in [0.25, 0.3) is 0 Å². The van der Waals surface area contributed by atoms with E-state index in [4.69, 9.17) is 10.5 Å². The second-order valence-corrected chi connectivity index (χ2v) is 6.70. The van der Waals surface area contributed by atoms with Gasteiger partial charge in [-0.2, -0.15) is 0 Å². The molecule has 2 heterocycles. The van der Waals surface area contributed by atoms with Gasteiger partial charge in [0.05, 0.1) is 6.54 Å². The van der Waals surface area contributed by atoms with Crippen molar-refractivity contribution < 1.29 is 19.1 Å². The minimum Gasteiger partial charge on any atom is -0.444 e. The topological polar surface area (TPSA) is 92.9 Å². The summed E-state index contributed by atoms with van der Waals surface area (Å²) in [6.07, 6.45) is 0.502. The third-order valence-electron chi connectivity index (χ3n) is 4.79. The number of ketones is 1. The third-order valence-corrected chi connectivity index (χ3v) is 4.79. The highest BCUT2D eigenvalue weighted by Gasteiger charge is 2.32. The molecule has 3 rings (SSSR count). The first-order valence-electron chi connectivity index (χ1n) is 8.58. The van der Waals surface area contributed by atoms with Gasteiger partial charge in [0.2, 0.25) is 5.91 Å². The summed E-state index contributed by atoms with van der Waals surface area (Å²) in [5.41, 5.74) is 6.94. The van der Waals surface area contributed by atoms with Crippen molar-refractivity contribution in [1.82, 2.24) is 0 Å². The molecule has 2 atom stereocenters. The Bertz CT molecular complexity index is 673. The number of primary amides is 1. The molecule has 2 N–H and O–H groups in total. The summed E-state index contributed by atoms with van der Waals surface area (Å²) in [6, 6.07) is 7.69. The normalized spacial score (nSPS) is 23.7. The fourth-order valence-electron chi connectivity index (χ4n) is 3.28. The summed E-state index contributed by atoms with van der Waals surface area (Å²) in [4.78, 5) is 38.3. The van der Waals surface area contributed by atoms with Gasteiger partial charge in [-0.1, -0.05) is 6.92 Å². The Kier molecular flexibility index (Phi) is 4.92. The maximum atomic E-state index is 12.0. The van der Waals surface area contributed by atoms with Crippen LogP contribution in [0.25, 0.3) is 0 Å². The van der Waals surface area contributed by atoms with Crippen molar-refractivity contribution in [2.75, 3.05) is 29.4 Å². The van der Waals surface area contributed by atoms with Crippen LogP contribution in [0.2, 0.25) is 0 Å². The van der Waals surface area contributed by atoms with Crippen LogP contribution in [0.5, 0.6) is 0 Å². The number of Topliss-reactive ketones (excluding diaryl/α,β-unsaturated/α-hetero) is 1. The molecule has 134 valence electrons. The van der Waals surface area contributed by atoms with Crippen molar-refractivity contribution in [3.05, 3.63) is 24.3 Å².